The predicted octanol–water partition coefficient (Wildman–Crippen LogP) is 1.73. The van der Waals surface area contributed by atoms with Crippen LogP contribution >= 0.6 is 11.3 Å². The second-order valence-electron chi connectivity index (χ2n) is 5.21. The molecule has 1 aromatic heterocycles. The summed E-state index contributed by atoms with van der Waals surface area (Å²) in [7, 11) is 2.16. The maximum atomic E-state index is 6.31. The Morgan fingerprint density at radius 3 is 3.06 bits per heavy atom. The molecule has 1 aromatic rings. The van der Waals surface area contributed by atoms with E-state index in [0.717, 1.165) is 26.0 Å². The van der Waals surface area contributed by atoms with Gasteiger partial charge in [-0.1, -0.05) is 6.07 Å². The van der Waals surface area contributed by atoms with Crippen LogP contribution in [0.5, 0.6) is 0 Å². The number of thiophene rings is 1. The van der Waals surface area contributed by atoms with Gasteiger partial charge in [0.15, 0.2) is 0 Å². The molecule has 0 bridgehead atoms. The fraction of sp³-hybridized carbons (Fsp3) is 0.692. The Bertz CT molecular complexity index is 333. The quantitative estimate of drug-likeness (QED) is 0.869. The van der Waals surface area contributed by atoms with Crippen LogP contribution in [0.15, 0.2) is 17.5 Å². The minimum Gasteiger partial charge on any atom is -0.379 e. The predicted molar refractivity (Wildman–Crippen MR) is 72.5 cm³/mol. The Hall–Kier alpha value is -0.420. The van der Waals surface area contributed by atoms with Gasteiger partial charge in [-0.2, -0.15) is 0 Å². The molecule has 1 fully saturated rings. The average molecular weight is 254 g/mol. The van der Waals surface area contributed by atoms with E-state index in [1.807, 2.05) is 11.3 Å². The van der Waals surface area contributed by atoms with Crippen molar-refractivity contribution in [3.63, 3.8) is 0 Å². The molecule has 2 heterocycles. The van der Waals surface area contributed by atoms with E-state index in [-0.39, 0.29) is 5.54 Å². The molecule has 0 spiro atoms. The average Bonchev–Trinajstić information content (AvgIpc) is 2.90. The number of nitrogens with zero attached hydrogens (tertiary/aromatic N) is 1. The molecular formula is C13H22N2OS. The minimum absolute atomic E-state index is 0.140. The summed E-state index contributed by atoms with van der Waals surface area (Å²) in [6.45, 7) is 4.69. The summed E-state index contributed by atoms with van der Waals surface area (Å²) in [5.41, 5.74) is 6.17. The van der Waals surface area contributed by atoms with E-state index in [1.165, 1.54) is 4.88 Å². The first-order chi connectivity index (χ1) is 8.09. The van der Waals surface area contributed by atoms with Crippen molar-refractivity contribution in [1.29, 1.82) is 0 Å². The molecule has 0 aliphatic carbocycles. The molecule has 1 aliphatic heterocycles. The largest absolute Gasteiger partial charge is 0.379 e. The standard InChI is InChI=1S/C13H22N2OS/c1-11(8-12-4-3-7-17-12)15(2)9-13(14)5-6-16-10-13/h3-4,7,11H,5-6,8-10,14H2,1-2H3. The summed E-state index contributed by atoms with van der Waals surface area (Å²) in [4.78, 5) is 3.80. The third-order valence-electron chi connectivity index (χ3n) is 3.53. The maximum Gasteiger partial charge on any atom is 0.0659 e. The summed E-state index contributed by atoms with van der Waals surface area (Å²) in [6, 6.07) is 4.84. The number of likely N-dealkylation sites (N-methyl/N-ethyl adjacent to an activating group) is 1. The lowest BCUT2D eigenvalue weighted by molar-refractivity contribution is 0.149. The zero-order valence-corrected chi connectivity index (χ0v) is 11.5. The molecule has 0 aromatic carbocycles. The minimum atomic E-state index is -0.140. The molecule has 96 valence electrons. The monoisotopic (exact) mass is 254 g/mol. The fourth-order valence-corrected chi connectivity index (χ4v) is 3.10. The molecule has 17 heavy (non-hydrogen) atoms. The van der Waals surface area contributed by atoms with Gasteiger partial charge in [-0.05, 0) is 38.3 Å². The van der Waals surface area contributed by atoms with Crippen LogP contribution in [0.1, 0.15) is 18.2 Å². The first kappa shape index (κ1) is 13.0. The maximum absolute atomic E-state index is 6.31. The first-order valence-corrected chi connectivity index (χ1v) is 7.06. The molecule has 2 atom stereocenters. The summed E-state index contributed by atoms with van der Waals surface area (Å²) in [5, 5.41) is 2.14. The number of ether oxygens (including phenoxy) is 1. The Labute approximate surface area is 108 Å². The van der Waals surface area contributed by atoms with E-state index in [0.29, 0.717) is 12.6 Å². The van der Waals surface area contributed by atoms with Gasteiger partial charge in [0, 0.05) is 24.1 Å². The summed E-state index contributed by atoms with van der Waals surface area (Å²) in [5.74, 6) is 0. The molecular weight excluding hydrogens is 232 g/mol. The van der Waals surface area contributed by atoms with Gasteiger partial charge in [-0.15, -0.1) is 11.3 Å². The van der Waals surface area contributed by atoms with Crippen molar-refractivity contribution in [2.24, 2.45) is 5.73 Å². The van der Waals surface area contributed by atoms with Crippen LogP contribution in [0.3, 0.4) is 0 Å². The molecule has 0 amide bonds. The Kier molecular flexibility index (Phi) is 4.20. The second-order valence-corrected chi connectivity index (χ2v) is 6.24. The highest BCUT2D eigenvalue weighted by Crippen LogP contribution is 2.19. The SMILES string of the molecule is CC(Cc1cccs1)N(C)CC1(N)CCOC1. The van der Waals surface area contributed by atoms with Crippen LogP contribution in [0.25, 0.3) is 0 Å². The highest BCUT2D eigenvalue weighted by molar-refractivity contribution is 7.09. The van der Waals surface area contributed by atoms with Crippen molar-refractivity contribution in [2.75, 3.05) is 26.8 Å². The first-order valence-electron chi connectivity index (χ1n) is 6.18. The number of hydrogen-bond acceptors (Lipinski definition) is 4. The van der Waals surface area contributed by atoms with Crippen molar-refractivity contribution in [2.45, 2.75) is 31.3 Å². The Morgan fingerprint density at radius 1 is 1.65 bits per heavy atom. The zero-order valence-electron chi connectivity index (χ0n) is 10.7. The van der Waals surface area contributed by atoms with Gasteiger partial charge in [0.1, 0.15) is 0 Å². The smallest absolute Gasteiger partial charge is 0.0659 e. The zero-order chi connectivity index (χ0) is 12.3. The second kappa shape index (κ2) is 5.48. The molecule has 2 unspecified atom stereocenters. The highest BCUT2D eigenvalue weighted by atomic mass is 32.1. The molecule has 0 radical (unpaired) electrons. The van der Waals surface area contributed by atoms with Gasteiger partial charge < -0.3 is 15.4 Å². The lowest BCUT2D eigenvalue weighted by Crippen LogP contribution is -2.52. The van der Waals surface area contributed by atoms with Crippen LogP contribution in [0, 0.1) is 0 Å². The normalized spacial score (nSPS) is 26.6. The third kappa shape index (κ3) is 3.52. The van der Waals surface area contributed by atoms with Crippen molar-refractivity contribution in [3.8, 4) is 0 Å². The van der Waals surface area contributed by atoms with Crippen LogP contribution in [-0.4, -0.2) is 43.3 Å². The lowest BCUT2D eigenvalue weighted by Gasteiger charge is -2.32. The van der Waals surface area contributed by atoms with Crippen LogP contribution in [-0.2, 0) is 11.2 Å². The lowest BCUT2D eigenvalue weighted by atomic mass is 9.99. The van der Waals surface area contributed by atoms with Gasteiger partial charge in [0.25, 0.3) is 0 Å². The van der Waals surface area contributed by atoms with Crippen molar-refractivity contribution < 1.29 is 4.74 Å². The molecule has 1 aliphatic rings. The number of hydrogen-bond donors (Lipinski definition) is 1. The van der Waals surface area contributed by atoms with Crippen LogP contribution in [0.2, 0.25) is 0 Å². The van der Waals surface area contributed by atoms with E-state index >= 15 is 0 Å². The highest BCUT2D eigenvalue weighted by Gasteiger charge is 2.32. The van der Waals surface area contributed by atoms with Crippen molar-refractivity contribution >= 4 is 11.3 Å². The molecule has 4 heteroatoms. The Balaban J connectivity index is 1.84. The van der Waals surface area contributed by atoms with Gasteiger partial charge in [-0.25, -0.2) is 0 Å². The number of nitrogens with two attached hydrogens (primary N) is 1. The molecule has 0 saturated carbocycles. The van der Waals surface area contributed by atoms with Gasteiger partial charge in [-0.3, -0.25) is 0 Å². The van der Waals surface area contributed by atoms with E-state index < -0.39 is 0 Å². The summed E-state index contributed by atoms with van der Waals surface area (Å²) >= 11 is 1.83. The van der Waals surface area contributed by atoms with E-state index in [2.05, 4.69) is 36.4 Å². The van der Waals surface area contributed by atoms with E-state index in [1.54, 1.807) is 0 Å². The van der Waals surface area contributed by atoms with Gasteiger partial charge >= 0.3 is 0 Å². The van der Waals surface area contributed by atoms with Crippen LogP contribution in [0.4, 0.5) is 0 Å². The topological polar surface area (TPSA) is 38.5 Å². The van der Waals surface area contributed by atoms with E-state index in [4.69, 9.17) is 10.5 Å². The van der Waals surface area contributed by atoms with Gasteiger partial charge in [0.05, 0.1) is 12.1 Å². The summed E-state index contributed by atoms with van der Waals surface area (Å²) in [6.07, 6.45) is 2.08. The van der Waals surface area contributed by atoms with Crippen LogP contribution < -0.4 is 5.73 Å². The number of rotatable bonds is 5. The van der Waals surface area contributed by atoms with Crippen molar-refractivity contribution in [3.05, 3.63) is 22.4 Å². The fourth-order valence-electron chi connectivity index (χ4n) is 2.28. The van der Waals surface area contributed by atoms with E-state index in [9.17, 15) is 0 Å². The molecule has 1 saturated heterocycles. The van der Waals surface area contributed by atoms with Crippen molar-refractivity contribution in [1.82, 2.24) is 4.90 Å². The molecule has 2 rings (SSSR count). The summed E-state index contributed by atoms with van der Waals surface area (Å²) < 4.78 is 5.40. The Morgan fingerprint density at radius 2 is 2.47 bits per heavy atom. The molecule has 2 N–H and O–H groups in total. The third-order valence-corrected chi connectivity index (χ3v) is 4.43. The van der Waals surface area contributed by atoms with Gasteiger partial charge in [0.2, 0.25) is 0 Å². The molecule has 3 nitrogen and oxygen atoms in total.